The molecule has 0 saturated heterocycles. The normalized spacial score (nSPS) is 12.2. The molecule has 0 bridgehead atoms. The molecule has 1 N–H and O–H groups in total. The summed E-state index contributed by atoms with van der Waals surface area (Å²) >= 11 is 0. The molecule has 4 heteroatoms. The summed E-state index contributed by atoms with van der Waals surface area (Å²) in [6.45, 7) is 6.04. The van der Waals surface area contributed by atoms with E-state index in [1.807, 2.05) is 25.2 Å². The second kappa shape index (κ2) is 7.07. The summed E-state index contributed by atoms with van der Waals surface area (Å²) in [6, 6.07) is 8.10. The lowest BCUT2D eigenvalue weighted by Crippen LogP contribution is -2.24. The number of benzene rings is 1. The highest BCUT2D eigenvalue weighted by molar-refractivity contribution is 5.82. The van der Waals surface area contributed by atoms with Crippen molar-refractivity contribution in [1.82, 2.24) is 5.32 Å². The predicted molar refractivity (Wildman–Crippen MR) is 84.3 cm³/mol. The fourth-order valence-electron chi connectivity index (χ4n) is 2.22. The number of nitrogens with one attached hydrogen (secondary N) is 1. The lowest BCUT2D eigenvalue weighted by atomic mass is 10.1. The van der Waals surface area contributed by atoms with Crippen LogP contribution < -0.4 is 5.32 Å². The molecule has 0 aliphatic carbocycles. The Morgan fingerprint density at radius 2 is 2.00 bits per heavy atom. The Balaban J connectivity index is 2.02. The Morgan fingerprint density at radius 1 is 1.24 bits per heavy atom. The highest BCUT2D eigenvalue weighted by Gasteiger charge is 2.17. The fourth-order valence-corrected chi connectivity index (χ4v) is 2.22. The second-order valence-corrected chi connectivity index (χ2v) is 5.80. The van der Waals surface area contributed by atoms with Crippen molar-refractivity contribution in [3.63, 3.8) is 0 Å². The molecule has 0 atom stereocenters. The molecule has 0 radical (unpaired) electrons. The molecule has 2 rings (SSSR count). The Hall–Kier alpha value is -1.36. The van der Waals surface area contributed by atoms with Gasteiger partial charge >= 0.3 is 0 Å². The topological polar surface area (TPSA) is 43.6 Å². The molecular weight excluding hydrogens is 266 g/mol. The average molecular weight is 291 g/mol. The quantitative estimate of drug-likeness (QED) is 0.756. The number of ether oxygens (including phenoxy) is 2. The fraction of sp³-hybridized carbons (Fsp3) is 0.529. The van der Waals surface area contributed by atoms with Crippen LogP contribution in [0.25, 0.3) is 11.0 Å². The van der Waals surface area contributed by atoms with E-state index in [4.69, 9.17) is 13.9 Å². The number of hydrogen-bond acceptors (Lipinski definition) is 4. The summed E-state index contributed by atoms with van der Waals surface area (Å²) < 4.78 is 17.1. The van der Waals surface area contributed by atoms with E-state index >= 15 is 0 Å². The van der Waals surface area contributed by atoms with E-state index < -0.39 is 0 Å². The maximum Gasteiger partial charge on any atom is 0.135 e. The second-order valence-electron chi connectivity index (χ2n) is 5.80. The van der Waals surface area contributed by atoms with Crippen LogP contribution in [-0.2, 0) is 22.6 Å². The van der Waals surface area contributed by atoms with Crippen molar-refractivity contribution in [3.05, 3.63) is 35.6 Å². The first-order valence-electron chi connectivity index (χ1n) is 7.34. The highest BCUT2D eigenvalue weighted by atomic mass is 16.5. The van der Waals surface area contributed by atoms with Gasteiger partial charge < -0.3 is 19.2 Å². The molecule has 2 aromatic rings. The predicted octanol–water partition coefficient (Wildman–Crippen LogP) is 3.48. The van der Waals surface area contributed by atoms with Crippen LogP contribution in [0, 0.1) is 0 Å². The minimum atomic E-state index is -0.151. The first-order chi connectivity index (χ1) is 10.1. The summed E-state index contributed by atoms with van der Waals surface area (Å²) in [5.74, 6) is 0.903. The molecule has 21 heavy (non-hydrogen) atoms. The molecule has 1 heterocycles. The van der Waals surface area contributed by atoms with Crippen LogP contribution >= 0.6 is 0 Å². The Morgan fingerprint density at radius 3 is 2.71 bits per heavy atom. The molecule has 116 valence electrons. The first kappa shape index (κ1) is 16.0. The Bertz CT molecular complexity index is 574. The van der Waals surface area contributed by atoms with Gasteiger partial charge in [-0.2, -0.15) is 0 Å². The minimum Gasteiger partial charge on any atom is -0.458 e. The van der Waals surface area contributed by atoms with Crippen molar-refractivity contribution >= 4 is 11.0 Å². The van der Waals surface area contributed by atoms with Gasteiger partial charge in [-0.25, -0.2) is 0 Å². The molecule has 0 aliphatic rings. The minimum absolute atomic E-state index is 0.151. The summed E-state index contributed by atoms with van der Waals surface area (Å²) in [6.07, 6.45) is 0.852. The standard InChI is InChI=1S/C17H25NO3/c1-17(2,19-4)9-10-20-12-16-14(11-18-3)13-7-5-6-8-15(13)21-16/h5-8,18H,9-12H2,1-4H3. The number of rotatable bonds is 8. The Kier molecular flexibility index (Phi) is 5.39. The highest BCUT2D eigenvalue weighted by Crippen LogP contribution is 2.26. The molecule has 0 fully saturated rings. The van der Waals surface area contributed by atoms with E-state index in [-0.39, 0.29) is 5.60 Å². The molecule has 1 aromatic heterocycles. The number of methoxy groups -OCH3 is 1. The third-order valence-electron chi connectivity index (χ3n) is 3.77. The zero-order chi connectivity index (χ0) is 15.3. The molecule has 0 aliphatic heterocycles. The molecule has 4 nitrogen and oxygen atoms in total. The molecule has 0 saturated carbocycles. The van der Waals surface area contributed by atoms with E-state index in [1.165, 1.54) is 5.56 Å². The van der Waals surface area contributed by atoms with Crippen LogP contribution in [0.3, 0.4) is 0 Å². The first-order valence-corrected chi connectivity index (χ1v) is 7.34. The van der Waals surface area contributed by atoms with Crippen molar-refractivity contribution in [2.45, 2.75) is 39.0 Å². The number of furan rings is 1. The van der Waals surface area contributed by atoms with Gasteiger partial charge in [0.1, 0.15) is 18.0 Å². The molecule has 0 unspecified atom stereocenters. The van der Waals surface area contributed by atoms with Gasteiger partial charge in [0.05, 0.1) is 5.60 Å². The molecular formula is C17H25NO3. The van der Waals surface area contributed by atoms with E-state index in [0.29, 0.717) is 13.2 Å². The van der Waals surface area contributed by atoms with E-state index in [0.717, 1.165) is 29.7 Å². The lowest BCUT2D eigenvalue weighted by molar-refractivity contribution is -0.0143. The van der Waals surface area contributed by atoms with Crippen LogP contribution in [0.15, 0.2) is 28.7 Å². The van der Waals surface area contributed by atoms with E-state index in [9.17, 15) is 0 Å². The van der Waals surface area contributed by atoms with Crippen molar-refractivity contribution in [2.24, 2.45) is 0 Å². The number of hydrogen-bond donors (Lipinski definition) is 1. The van der Waals surface area contributed by atoms with Gasteiger partial charge in [0.25, 0.3) is 0 Å². The summed E-state index contributed by atoms with van der Waals surface area (Å²) in [5.41, 5.74) is 1.94. The third kappa shape index (κ3) is 4.06. The van der Waals surface area contributed by atoms with Gasteiger partial charge in [0.15, 0.2) is 0 Å². The number of fused-ring (bicyclic) bond motifs is 1. The monoisotopic (exact) mass is 291 g/mol. The van der Waals surface area contributed by atoms with Crippen LogP contribution in [-0.4, -0.2) is 26.4 Å². The Labute approximate surface area is 126 Å². The van der Waals surface area contributed by atoms with Crippen LogP contribution in [0.2, 0.25) is 0 Å². The number of para-hydroxylation sites is 1. The summed E-state index contributed by atoms with van der Waals surface area (Å²) in [4.78, 5) is 0. The van der Waals surface area contributed by atoms with Gasteiger partial charge in [0.2, 0.25) is 0 Å². The largest absolute Gasteiger partial charge is 0.458 e. The van der Waals surface area contributed by atoms with Gasteiger partial charge in [-0.05, 0) is 33.4 Å². The maximum absolute atomic E-state index is 5.91. The smallest absolute Gasteiger partial charge is 0.135 e. The third-order valence-corrected chi connectivity index (χ3v) is 3.77. The zero-order valence-corrected chi connectivity index (χ0v) is 13.4. The maximum atomic E-state index is 5.91. The van der Waals surface area contributed by atoms with Gasteiger partial charge in [-0.1, -0.05) is 18.2 Å². The van der Waals surface area contributed by atoms with Crippen molar-refractivity contribution in [1.29, 1.82) is 0 Å². The SMILES string of the molecule is CNCc1c(COCCC(C)(C)OC)oc2ccccc12. The molecule has 0 amide bonds. The lowest BCUT2D eigenvalue weighted by Gasteiger charge is -2.22. The van der Waals surface area contributed by atoms with Gasteiger partial charge in [-0.3, -0.25) is 0 Å². The summed E-state index contributed by atoms with van der Waals surface area (Å²) in [5, 5.41) is 4.35. The van der Waals surface area contributed by atoms with Crippen LogP contribution in [0.5, 0.6) is 0 Å². The van der Waals surface area contributed by atoms with Crippen LogP contribution in [0.4, 0.5) is 0 Å². The van der Waals surface area contributed by atoms with Gasteiger partial charge in [0, 0.05) is 31.2 Å². The summed E-state index contributed by atoms with van der Waals surface area (Å²) in [7, 11) is 3.66. The average Bonchev–Trinajstić information content (AvgIpc) is 2.82. The zero-order valence-electron chi connectivity index (χ0n) is 13.4. The van der Waals surface area contributed by atoms with Crippen molar-refractivity contribution in [2.75, 3.05) is 20.8 Å². The van der Waals surface area contributed by atoms with Gasteiger partial charge in [-0.15, -0.1) is 0 Å². The van der Waals surface area contributed by atoms with E-state index in [1.54, 1.807) is 7.11 Å². The van der Waals surface area contributed by atoms with E-state index in [2.05, 4.69) is 25.2 Å². The van der Waals surface area contributed by atoms with Crippen molar-refractivity contribution < 1.29 is 13.9 Å². The molecule has 0 spiro atoms. The van der Waals surface area contributed by atoms with Crippen LogP contribution in [0.1, 0.15) is 31.6 Å². The van der Waals surface area contributed by atoms with Crippen molar-refractivity contribution in [3.8, 4) is 0 Å². The molecule has 1 aromatic carbocycles.